The van der Waals surface area contributed by atoms with Crippen molar-refractivity contribution in [2.75, 3.05) is 7.11 Å². The van der Waals surface area contributed by atoms with Gasteiger partial charge in [-0.3, -0.25) is 4.79 Å². The molecule has 1 amide bonds. The normalized spacial score (nSPS) is 10.8. The Morgan fingerprint density at radius 1 is 1.16 bits per heavy atom. The lowest BCUT2D eigenvalue weighted by molar-refractivity contribution is -0.121. The zero-order valence-electron chi connectivity index (χ0n) is 14.8. The molecular formula is C21H24N2O2. The topological polar surface area (TPSA) is 43.3 Å². The number of ether oxygens (including phenoxy) is 1. The van der Waals surface area contributed by atoms with Gasteiger partial charge in [-0.1, -0.05) is 30.3 Å². The standard InChI is InChI=1S/C21H24N2O2/c1-3-23-15-17(19-9-4-5-10-20(19)23)11-12-21(24)22-14-16-7-6-8-18(13-16)25-2/h4-10,13,15H,3,11-12,14H2,1-2H3,(H,22,24). The van der Waals surface area contributed by atoms with E-state index in [0.717, 1.165) is 24.3 Å². The highest BCUT2D eigenvalue weighted by Gasteiger charge is 2.09. The summed E-state index contributed by atoms with van der Waals surface area (Å²) in [6.45, 7) is 3.59. The van der Waals surface area contributed by atoms with Crippen LogP contribution in [-0.2, 0) is 24.3 Å². The molecule has 2 aromatic carbocycles. The summed E-state index contributed by atoms with van der Waals surface area (Å²) in [6, 6.07) is 16.1. The molecule has 0 aliphatic heterocycles. The number of benzene rings is 2. The Hall–Kier alpha value is -2.75. The van der Waals surface area contributed by atoms with Gasteiger partial charge in [-0.15, -0.1) is 0 Å². The molecule has 0 saturated heterocycles. The molecule has 0 saturated carbocycles. The molecule has 1 aromatic heterocycles. The van der Waals surface area contributed by atoms with Crippen LogP contribution in [0, 0.1) is 0 Å². The lowest BCUT2D eigenvalue weighted by atomic mass is 10.1. The number of nitrogens with zero attached hydrogens (tertiary/aromatic N) is 1. The largest absolute Gasteiger partial charge is 0.497 e. The smallest absolute Gasteiger partial charge is 0.220 e. The maximum Gasteiger partial charge on any atom is 0.220 e. The van der Waals surface area contributed by atoms with Crippen LogP contribution >= 0.6 is 0 Å². The van der Waals surface area contributed by atoms with Crippen LogP contribution in [0.5, 0.6) is 5.75 Å². The molecule has 0 radical (unpaired) electrons. The van der Waals surface area contributed by atoms with E-state index in [1.54, 1.807) is 7.11 Å². The third-order valence-corrected chi connectivity index (χ3v) is 4.46. The molecule has 3 aromatic rings. The van der Waals surface area contributed by atoms with E-state index in [0.29, 0.717) is 13.0 Å². The molecule has 0 spiro atoms. The van der Waals surface area contributed by atoms with Crippen LogP contribution in [0.15, 0.2) is 54.7 Å². The van der Waals surface area contributed by atoms with Crippen LogP contribution in [0.1, 0.15) is 24.5 Å². The Bertz CT molecular complexity index is 867. The highest BCUT2D eigenvalue weighted by Crippen LogP contribution is 2.22. The number of hydrogen-bond donors (Lipinski definition) is 1. The Morgan fingerprint density at radius 3 is 2.80 bits per heavy atom. The van der Waals surface area contributed by atoms with Crippen LogP contribution in [0.3, 0.4) is 0 Å². The highest BCUT2D eigenvalue weighted by atomic mass is 16.5. The van der Waals surface area contributed by atoms with Crippen LogP contribution < -0.4 is 10.1 Å². The third-order valence-electron chi connectivity index (χ3n) is 4.46. The summed E-state index contributed by atoms with van der Waals surface area (Å²) in [6.07, 6.45) is 3.40. The second kappa shape index (κ2) is 7.88. The van der Waals surface area contributed by atoms with Crippen molar-refractivity contribution < 1.29 is 9.53 Å². The Labute approximate surface area is 148 Å². The van der Waals surface area contributed by atoms with E-state index in [-0.39, 0.29) is 5.91 Å². The number of para-hydroxylation sites is 1. The molecule has 0 aliphatic carbocycles. The zero-order chi connectivity index (χ0) is 17.6. The Balaban J connectivity index is 1.59. The predicted molar refractivity (Wildman–Crippen MR) is 101 cm³/mol. The minimum absolute atomic E-state index is 0.0659. The van der Waals surface area contributed by atoms with Gasteiger partial charge in [0.05, 0.1) is 7.11 Å². The van der Waals surface area contributed by atoms with Gasteiger partial charge in [0.25, 0.3) is 0 Å². The summed E-state index contributed by atoms with van der Waals surface area (Å²) in [5.74, 6) is 0.871. The van der Waals surface area contributed by atoms with Crippen molar-refractivity contribution in [3.8, 4) is 5.75 Å². The summed E-state index contributed by atoms with van der Waals surface area (Å²) < 4.78 is 7.44. The molecule has 1 heterocycles. The Kier molecular flexibility index (Phi) is 5.39. The quantitative estimate of drug-likeness (QED) is 0.711. The van der Waals surface area contributed by atoms with Gasteiger partial charge < -0.3 is 14.6 Å². The molecule has 0 aliphatic rings. The number of methoxy groups -OCH3 is 1. The number of aromatic nitrogens is 1. The van der Waals surface area contributed by atoms with Gasteiger partial charge in [-0.25, -0.2) is 0 Å². The number of carbonyl (C=O) groups excluding carboxylic acids is 1. The fraction of sp³-hybridized carbons (Fsp3) is 0.286. The first-order valence-electron chi connectivity index (χ1n) is 8.67. The van der Waals surface area contributed by atoms with E-state index in [2.05, 4.69) is 47.3 Å². The molecule has 130 valence electrons. The Morgan fingerprint density at radius 2 is 2.00 bits per heavy atom. The predicted octanol–water partition coefficient (Wildman–Crippen LogP) is 3.92. The maximum atomic E-state index is 12.2. The monoisotopic (exact) mass is 336 g/mol. The zero-order valence-corrected chi connectivity index (χ0v) is 14.8. The number of rotatable bonds is 7. The lowest BCUT2D eigenvalue weighted by Gasteiger charge is -2.07. The fourth-order valence-corrected chi connectivity index (χ4v) is 3.10. The van der Waals surface area contributed by atoms with Gasteiger partial charge in [-0.05, 0) is 42.7 Å². The summed E-state index contributed by atoms with van der Waals surface area (Å²) in [7, 11) is 1.64. The second-order valence-electron chi connectivity index (χ2n) is 6.09. The van der Waals surface area contributed by atoms with Crippen molar-refractivity contribution in [2.45, 2.75) is 32.9 Å². The average Bonchev–Trinajstić information content (AvgIpc) is 3.03. The number of carbonyl (C=O) groups is 1. The van der Waals surface area contributed by atoms with Crippen molar-refractivity contribution in [2.24, 2.45) is 0 Å². The van der Waals surface area contributed by atoms with Crippen molar-refractivity contribution >= 4 is 16.8 Å². The van der Waals surface area contributed by atoms with E-state index in [1.165, 1.54) is 16.5 Å². The molecule has 4 nitrogen and oxygen atoms in total. The van der Waals surface area contributed by atoms with E-state index in [4.69, 9.17) is 4.74 Å². The van der Waals surface area contributed by atoms with E-state index < -0.39 is 0 Å². The van der Waals surface area contributed by atoms with Gasteiger partial charge in [0.2, 0.25) is 5.91 Å². The SMILES string of the molecule is CCn1cc(CCC(=O)NCc2cccc(OC)c2)c2ccccc21. The molecule has 0 fully saturated rings. The van der Waals surface area contributed by atoms with Crippen LogP contribution in [0.4, 0.5) is 0 Å². The van der Waals surface area contributed by atoms with Gasteiger partial charge >= 0.3 is 0 Å². The first-order chi connectivity index (χ1) is 12.2. The summed E-state index contributed by atoms with van der Waals surface area (Å²) in [5.41, 5.74) is 3.50. The first-order valence-corrected chi connectivity index (χ1v) is 8.67. The molecule has 0 bridgehead atoms. The second-order valence-corrected chi connectivity index (χ2v) is 6.09. The summed E-state index contributed by atoms with van der Waals surface area (Å²) in [4.78, 5) is 12.2. The van der Waals surface area contributed by atoms with Crippen molar-refractivity contribution in [1.82, 2.24) is 9.88 Å². The molecule has 0 atom stereocenters. The molecule has 4 heteroatoms. The number of hydrogen-bond acceptors (Lipinski definition) is 2. The van der Waals surface area contributed by atoms with Crippen LogP contribution in [-0.4, -0.2) is 17.6 Å². The molecule has 0 unspecified atom stereocenters. The molecule has 1 N–H and O–H groups in total. The summed E-state index contributed by atoms with van der Waals surface area (Å²) in [5, 5.41) is 4.23. The van der Waals surface area contributed by atoms with Crippen LogP contribution in [0.25, 0.3) is 10.9 Å². The van der Waals surface area contributed by atoms with Gasteiger partial charge in [-0.2, -0.15) is 0 Å². The van der Waals surface area contributed by atoms with E-state index in [1.807, 2.05) is 24.3 Å². The summed E-state index contributed by atoms with van der Waals surface area (Å²) >= 11 is 0. The molecule has 25 heavy (non-hydrogen) atoms. The fourth-order valence-electron chi connectivity index (χ4n) is 3.10. The minimum Gasteiger partial charge on any atom is -0.497 e. The van der Waals surface area contributed by atoms with E-state index >= 15 is 0 Å². The van der Waals surface area contributed by atoms with Crippen molar-refractivity contribution in [3.05, 3.63) is 65.9 Å². The van der Waals surface area contributed by atoms with Crippen molar-refractivity contribution in [1.29, 1.82) is 0 Å². The van der Waals surface area contributed by atoms with Gasteiger partial charge in [0.15, 0.2) is 0 Å². The highest BCUT2D eigenvalue weighted by molar-refractivity contribution is 5.85. The molecular weight excluding hydrogens is 312 g/mol. The number of fused-ring (bicyclic) bond motifs is 1. The number of aryl methyl sites for hydroxylation is 2. The maximum absolute atomic E-state index is 12.2. The van der Waals surface area contributed by atoms with Gasteiger partial charge in [0.1, 0.15) is 5.75 Å². The number of amides is 1. The van der Waals surface area contributed by atoms with E-state index in [9.17, 15) is 4.79 Å². The lowest BCUT2D eigenvalue weighted by Crippen LogP contribution is -2.22. The van der Waals surface area contributed by atoms with Crippen LogP contribution in [0.2, 0.25) is 0 Å². The molecule has 3 rings (SSSR count). The first kappa shape index (κ1) is 17.1. The number of nitrogens with one attached hydrogen (secondary N) is 1. The average molecular weight is 336 g/mol. The third kappa shape index (κ3) is 4.02. The van der Waals surface area contributed by atoms with Gasteiger partial charge in [0, 0.05) is 36.6 Å². The minimum atomic E-state index is 0.0659. The van der Waals surface area contributed by atoms with Crippen molar-refractivity contribution in [3.63, 3.8) is 0 Å².